The van der Waals surface area contributed by atoms with Crippen molar-refractivity contribution in [1.82, 2.24) is 19.6 Å². The molecule has 1 saturated heterocycles. The lowest BCUT2D eigenvalue weighted by Gasteiger charge is -2.10. The van der Waals surface area contributed by atoms with Crippen LogP contribution in [0.4, 0.5) is 0 Å². The minimum absolute atomic E-state index is 0.440. The second-order valence-electron chi connectivity index (χ2n) is 4.29. The van der Waals surface area contributed by atoms with Gasteiger partial charge in [-0.05, 0) is 32.4 Å². The van der Waals surface area contributed by atoms with Crippen LogP contribution in [0.1, 0.15) is 35.3 Å². The van der Waals surface area contributed by atoms with Crippen molar-refractivity contribution in [3.8, 4) is 0 Å². The first kappa shape index (κ1) is 11.3. The fourth-order valence-electron chi connectivity index (χ4n) is 2.19. The molecule has 0 aromatic carbocycles. The highest BCUT2D eigenvalue weighted by atomic mass is 35.5. The van der Waals surface area contributed by atoms with Gasteiger partial charge in [-0.25, -0.2) is 4.98 Å². The van der Waals surface area contributed by atoms with Crippen LogP contribution >= 0.6 is 23.4 Å². The first-order valence-corrected chi connectivity index (χ1v) is 7.10. The average molecular weight is 269 g/mol. The Morgan fingerprint density at radius 3 is 2.88 bits per heavy atom. The van der Waals surface area contributed by atoms with Crippen molar-refractivity contribution in [2.45, 2.75) is 31.9 Å². The molecular weight excluding hydrogens is 256 g/mol. The molecule has 17 heavy (non-hydrogen) atoms. The number of fused-ring (bicyclic) bond motifs is 1. The van der Waals surface area contributed by atoms with Gasteiger partial charge >= 0.3 is 0 Å². The smallest absolute Gasteiger partial charge is 0.198 e. The molecule has 3 rings (SSSR count). The summed E-state index contributed by atoms with van der Waals surface area (Å²) in [5.74, 6) is 2.23. The molecule has 2 aromatic rings. The predicted octanol–water partition coefficient (Wildman–Crippen LogP) is 2.96. The molecule has 0 saturated carbocycles. The molecule has 1 atom stereocenters. The molecule has 1 aliphatic rings. The van der Waals surface area contributed by atoms with E-state index >= 15 is 0 Å². The third-order valence-corrected chi connectivity index (χ3v) is 4.84. The van der Waals surface area contributed by atoms with Crippen LogP contribution in [-0.4, -0.2) is 25.3 Å². The molecular formula is C11H13ClN4S. The highest BCUT2D eigenvalue weighted by Crippen LogP contribution is 2.39. The molecule has 6 heteroatoms. The number of halogens is 1. The molecule has 0 radical (unpaired) electrons. The monoisotopic (exact) mass is 268 g/mol. The van der Waals surface area contributed by atoms with Crippen molar-refractivity contribution in [3.05, 3.63) is 22.4 Å². The number of aromatic nitrogens is 4. The Bertz CT molecular complexity index is 574. The molecule has 1 aliphatic heterocycles. The maximum atomic E-state index is 6.11. The van der Waals surface area contributed by atoms with Crippen LogP contribution in [0.15, 0.2) is 0 Å². The molecule has 0 spiro atoms. The lowest BCUT2D eigenvalue weighted by Crippen LogP contribution is -2.04. The first-order chi connectivity index (χ1) is 8.18. The minimum Gasteiger partial charge on any atom is -0.278 e. The van der Waals surface area contributed by atoms with Gasteiger partial charge < -0.3 is 0 Å². The normalized spacial score (nSPS) is 20.3. The van der Waals surface area contributed by atoms with Crippen molar-refractivity contribution < 1.29 is 0 Å². The third kappa shape index (κ3) is 1.72. The average Bonchev–Trinajstić information content (AvgIpc) is 2.94. The summed E-state index contributed by atoms with van der Waals surface area (Å²) < 4.78 is 2.06. The molecule has 1 unspecified atom stereocenters. The SMILES string of the molecule is Cc1nc(Cl)c2nnc(C3CCCS3)n2c1C. The van der Waals surface area contributed by atoms with Gasteiger partial charge in [0.25, 0.3) is 0 Å². The zero-order valence-corrected chi connectivity index (χ0v) is 11.3. The van der Waals surface area contributed by atoms with Crippen LogP contribution in [0.5, 0.6) is 0 Å². The summed E-state index contributed by atoms with van der Waals surface area (Å²) in [6.45, 7) is 4.00. The fraction of sp³-hybridized carbons (Fsp3) is 0.545. The number of hydrogen-bond acceptors (Lipinski definition) is 4. The summed E-state index contributed by atoms with van der Waals surface area (Å²) >= 11 is 8.06. The number of aryl methyl sites for hydroxylation is 2. The van der Waals surface area contributed by atoms with E-state index in [1.807, 2.05) is 25.6 Å². The van der Waals surface area contributed by atoms with Gasteiger partial charge in [0.1, 0.15) is 0 Å². The van der Waals surface area contributed by atoms with Gasteiger partial charge in [-0.2, -0.15) is 11.8 Å². The minimum atomic E-state index is 0.440. The Morgan fingerprint density at radius 2 is 2.18 bits per heavy atom. The topological polar surface area (TPSA) is 43.1 Å². The largest absolute Gasteiger partial charge is 0.278 e. The van der Waals surface area contributed by atoms with Crippen LogP contribution in [0.2, 0.25) is 5.15 Å². The third-order valence-electron chi connectivity index (χ3n) is 3.22. The van der Waals surface area contributed by atoms with Crippen LogP contribution in [0, 0.1) is 13.8 Å². The van der Waals surface area contributed by atoms with Crippen molar-refractivity contribution in [1.29, 1.82) is 0 Å². The Kier molecular flexibility index (Phi) is 2.75. The lowest BCUT2D eigenvalue weighted by atomic mass is 10.2. The van der Waals surface area contributed by atoms with Crippen molar-refractivity contribution in [3.63, 3.8) is 0 Å². The van der Waals surface area contributed by atoms with Crippen LogP contribution in [-0.2, 0) is 0 Å². The Hall–Kier alpha value is -0.810. The van der Waals surface area contributed by atoms with E-state index in [1.54, 1.807) is 0 Å². The molecule has 0 aliphatic carbocycles. The van der Waals surface area contributed by atoms with Crippen LogP contribution < -0.4 is 0 Å². The van der Waals surface area contributed by atoms with E-state index in [2.05, 4.69) is 19.6 Å². The standard InChI is InChI=1S/C11H13ClN4S/c1-6-7(2)16-10(8-4-3-5-17-8)14-15-11(16)9(12)13-6/h8H,3-5H2,1-2H3. The van der Waals surface area contributed by atoms with Gasteiger partial charge in [0.2, 0.25) is 0 Å². The highest BCUT2D eigenvalue weighted by Gasteiger charge is 2.25. The van der Waals surface area contributed by atoms with Crippen molar-refractivity contribution in [2.24, 2.45) is 0 Å². The molecule has 3 heterocycles. The van der Waals surface area contributed by atoms with Crippen LogP contribution in [0.3, 0.4) is 0 Å². The number of hydrogen-bond donors (Lipinski definition) is 0. The summed E-state index contributed by atoms with van der Waals surface area (Å²) in [5.41, 5.74) is 2.70. The van der Waals surface area contributed by atoms with E-state index in [0.29, 0.717) is 16.1 Å². The van der Waals surface area contributed by atoms with Gasteiger partial charge in [0.15, 0.2) is 16.6 Å². The van der Waals surface area contributed by atoms with Gasteiger partial charge in [-0.3, -0.25) is 4.40 Å². The van der Waals surface area contributed by atoms with E-state index in [1.165, 1.54) is 18.6 Å². The highest BCUT2D eigenvalue weighted by molar-refractivity contribution is 7.99. The zero-order chi connectivity index (χ0) is 12.0. The number of rotatable bonds is 1. The Balaban J connectivity index is 2.26. The maximum absolute atomic E-state index is 6.11. The summed E-state index contributed by atoms with van der Waals surface area (Å²) in [6, 6.07) is 0. The fourth-order valence-corrected chi connectivity index (χ4v) is 3.69. The Morgan fingerprint density at radius 1 is 1.35 bits per heavy atom. The molecule has 2 aromatic heterocycles. The summed E-state index contributed by atoms with van der Waals surface area (Å²) in [5, 5.41) is 9.36. The van der Waals surface area contributed by atoms with Gasteiger partial charge in [-0.15, -0.1) is 10.2 Å². The number of thioether (sulfide) groups is 1. The first-order valence-electron chi connectivity index (χ1n) is 5.68. The molecule has 0 N–H and O–H groups in total. The quantitative estimate of drug-likeness (QED) is 0.798. The second-order valence-corrected chi connectivity index (χ2v) is 5.96. The van der Waals surface area contributed by atoms with Crippen molar-refractivity contribution >= 4 is 29.0 Å². The number of nitrogens with zero attached hydrogens (tertiary/aromatic N) is 4. The van der Waals surface area contributed by atoms with E-state index in [4.69, 9.17) is 11.6 Å². The molecule has 4 nitrogen and oxygen atoms in total. The summed E-state index contributed by atoms with van der Waals surface area (Å²) in [4.78, 5) is 4.28. The molecule has 0 bridgehead atoms. The van der Waals surface area contributed by atoms with E-state index in [9.17, 15) is 0 Å². The van der Waals surface area contributed by atoms with Crippen molar-refractivity contribution in [2.75, 3.05) is 5.75 Å². The van der Waals surface area contributed by atoms with Gasteiger partial charge in [0.05, 0.1) is 10.9 Å². The van der Waals surface area contributed by atoms with E-state index < -0.39 is 0 Å². The van der Waals surface area contributed by atoms with Gasteiger partial charge in [0, 0.05) is 5.69 Å². The Labute approximate surface area is 109 Å². The molecule has 0 amide bonds. The second kappa shape index (κ2) is 4.14. The zero-order valence-electron chi connectivity index (χ0n) is 9.77. The summed E-state index contributed by atoms with van der Waals surface area (Å²) in [6.07, 6.45) is 2.42. The van der Waals surface area contributed by atoms with Crippen LogP contribution in [0.25, 0.3) is 5.65 Å². The molecule has 90 valence electrons. The molecule has 1 fully saturated rings. The lowest BCUT2D eigenvalue weighted by molar-refractivity contribution is 0.758. The summed E-state index contributed by atoms with van der Waals surface area (Å²) in [7, 11) is 0. The predicted molar refractivity (Wildman–Crippen MR) is 69.7 cm³/mol. The van der Waals surface area contributed by atoms with Gasteiger partial charge in [-0.1, -0.05) is 11.6 Å². The van der Waals surface area contributed by atoms with E-state index in [0.717, 1.165) is 17.2 Å². The maximum Gasteiger partial charge on any atom is 0.198 e. The van der Waals surface area contributed by atoms with E-state index in [-0.39, 0.29) is 0 Å².